The second-order valence-corrected chi connectivity index (χ2v) is 7.39. The van der Waals surface area contributed by atoms with Gasteiger partial charge in [-0.25, -0.2) is 0 Å². The highest BCUT2D eigenvalue weighted by atomic mass is 14.2. The fourth-order valence-corrected chi connectivity index (χ4v) is 3.50. The Bertz CT molecular complexity index is 176. The molecule has 0 heterocycles. The van der Waals surface area contributed by atoms with Gasteiger partial charge in [0.15, 0.2) is 0 Å². The van der Waals surface area contributed by atoms with Crippen LogP contribution in [0.4, 0.5) is 0 Å². The Morgan fingerprint density at radius 2 is 1.33 bits per heavy atom. The summed E-state index contributed by atoms with van der Waals surface area (Å²) in [6.45, 7) is 9.26. The Hall–Kier alpha value is 0. The van der Waals surface area contributed by atoms with E-state index in [4.69, 9.17) is 0 Å². The minimum atomic E-state index is 0.974. The van der Waals surface area contributed by atoms with Gasteiger partial charge in [0.25, 0.3) is 0 Å². The molecule has 0 radical (unpaired) electrons. The number of hydrogen-bond donors (Lipinski definition) is 0. The van der Waals surface area contributed by atoms with Crippen LogP contribution in [0, 0.1) is 11.8 Å². The van der Waals surface area contributed by atoms with Gasteiger partial charge < -0.3 is 0 Å². The fraction of sp³-hybridized carbons (Fsp3) is 1.00. The summed E-state index contributed by atoms with van der Waals surface area (Å²) < 4.78 is 0. The predicted molar refractivity (Wildman–Crippen MR) is 98.9 cm³/mol. The van der Waals surface area contributed by atoms with E-state index in [0.29, 0.717) is 0 Å². The van der Waals surface area contributed by atoms with E-state index in [9.17, 15) is 0 Å². The van der Waals surface area contributed by atoms with E-state index in [1.807, 2.05) is 0 Å². The minimum Gasteiger partial charge on any atom is -0.0654 e. The maximum Gasteiger partial charge on any atom is -0.0414 e. The standard InChI is InChI=1S/C12H26.C9H18/c1-4-6-8-9-11-12(3)10-7-5-2;1-2-6-9-7-4-3-5-8-9/h12H,4-11H2,1-3H3;9H,2-8H2,1H3. The zero-order chi connectivity index (χ0) is 15.8. The zero-order valence-electron chi connectivity index (χ0n) is 15.8. The monoisotopic (exact) mass is 296 g/mol. The molecule has 128 valence electrons. The van der Waals surface area contributed by atoms with Crippen molar-refractivity contribution in [3.8, 4) is 0 Å². The summed E-state index contributed by atoms with van der Waals surface area (Å²) in [5.74, 6) is 2.07. The third kappa shape index (κ3) is 14.7. The van der Waals surface area contributed by atoms with Gasteiger partial charge in [0, 0.05) is 0 Å². The molecule has 0 nitrogen and oxygen atoms in total. The van der Waals surface area contributed by atoms with Gasteiger partial charge >= 0.3 is 0 Å². The molecule has 0 heteroatoms. The third-order valence-electron chi connectivity index (χ3n) is 5.02. The molecule has 1 atom stereocenters. The molecule has 0 N–H and O–H groups in total. The lowest BCUT2D eigenvalue weighted by molar-refractivity contribution is 0.336. The van der Waals surface area contributed by atoms with Gasteiger partial charge in [0.05, 0.1) is 0 Å². The first kappa shape index (κ1) is 21.0. The van der Waals surface area contributed by atoms with Crippen LogP contribution in [0.3, 0.4) is 0 Å². The van der Waals surface area contributed by atoms with Gasteiger partial charge in [0.2, 0.25) is 0 Å². The molecule has 0 bridgehead atoms. The van der Waals surface area contributed by atoms with Crippen LogP contribution in [-0.4, -0.2) is 0 Å². The summed E-state index contributed by atoms with van der Waals surface area (Å²) in [5, 5.41) is 0. The van der Waals surface area contributed by atoms with Crippen molar-refractivity contribution in [1.82, 2.24) is 0 Å². The van der Waals surface area contributed by atoms with Crippen LogP contribution in [0.25, 0.3) is 0 Å². The smallest absolute Gasteiger partial charge is 0.0414 e. The van der Waals surface area contributed by atoms with Gasteiger partial charge in [-0.15, -0.1) is 0 Å². The molecule has 0 saturated heterocycles. The largest absolute Gasteiger partial charge is 0.0654 e. The number of rotatable bonds is 10. The first-order chi connectivity index (χ1) is 10.2. The van der Waals surface area contributed by atoms with E-state index in [0.717, 1.165) is 11.8 Å². The maximum atomic E-state index is 2.40. The van der Waals surface area contributed by atoms with Crippen molar-refractivity contribution in [2.75, 3.05) is 0 Å². The Labute approximate surface area is 136 Å². The quantitative estimate of drug-likeness (QED) is 0.357. The molecule has 1 rings (SSSR count). The molecular formula is C21H44. The van der Waals surface area contributed by atoms with E-state index >= 15 is 0 Å². The van der Waals surface area contributed by atoms with Crippen LogP contribution in [0.15, 0.2) is 0 Å². The Morgan fingerprint density at radius 3 is 1.90 bits per heavy atom. The van der Waals surface area contributed by atoms with Crippen molar-refractivity contribution in [2.45, 2.75) is 124 Å². The lowest BCUT2D eigenvalue weighted by Crippen LogP contribution is -2.04. The lowest BCUT2D eigenvalue weighted by Gasteiger charge is -2.20. The lowest BCUT2D eigenvalue weighted by atomic mass is 9.86. The first-order valence-corrected chi connectivity index (χ1v) is 10.2. The van der Waals surface area contributed by atoms with E-state index in [1.165, 1.54) is 96.3 Å². The van der Waals surface area contributed by atoms with Crippen LogP contribution >= 0.6 is 0 Å². The van der Waals surface area contributed by atoms with Crippen molar-refractivity contribution in [3.05, 3.63) is 0 Å². The van der Waals surface area contributed by atoms with Crippen LogP contribution in [-0.2, 0) is 0 Å². The average molecular weight is 297 g/mol. The summed E-state index contributed by atoms with van der Waals surface area (Å²) >= 11 is 0. The second-order valence-electron chi connectivity index (χ2n) is 7.39. The van der Waals surface area contributed by atoms with Crippen LogP contribution in [0.1, 0.15) is 124 Å². The van der Waals surface area contributed by atoms with Gasteiger partial charge in [-0.05, 0) is 11.8 Å². The summed E-state index contributed by atoms with van der Waals surface area (Å²) in [6, 6.07) is 0. The van der Waals surface area contributed by atoms with Gasteiger partial charge in [0.1, 0.15) is 0 Å². The van der Waals surface area contributed by atoms with Crippen LogP contribution < -0.4 is 0 Å². The van der Waals surface area contributed by atoms with E-state index in [-0.39, 0.29) is 0 Å². The van der Waals surface area contributed by atoms with E-state index in [2.05, 4.69) is 27.7 Å². The van der Waals surface area contributed by atoms with Crippen molar-refractivity contribution < 1.29 is 0 Å². The molecule has 1 aliphatic rings. The fourth-order valence-electron chi connectivity index (χ4n) is 3.50. The Balaban J connectivity index is 0.000000394. The minimum absolute atomic E-state index is 0.974. The van der Waals surface area contributed by atoms with Crippen molar-refractivity contribution in [3.63, 3.8) is 0 Å². The molecule has 0 aromatic rings. The summed E-state index contributed by atoms with van der Waals surface area (Å²) in [5.41, 5.74) is 0. The zero-order valence-corrected chi connectivity index (χ0v) is 15.8. The first-order valence-electron chi connectivity index (χ1n) is 10.2. The molecule has 0 aliphatic heterocycles. The van der Waals surface area contributed by atoms with E-state index < -0.39 is 0 Å². The molecule has 1 saturated carbocycles. The van der Waals surface area contributed by atoms with Crippen molar-refractivity contribution in [2.24, 2.45) is 11.8 Å². The summed E-state index contributed by atoms with van der Waals surface area (Å²) in [6.07, 6.45) is 21.8. The second kappa shape index (κ2) is 16.4. The maximum absolute atomic E-state index is 2.40. The highest BCUT2D eigenvalue weighted by Gasteiger charge is 2.11. The highest BCUT2D eigenvalue weighted by Crippen LogP contribution is 2.26. The van der Waals surface area contributed by atoms with Crippen LogP contribution in [0.2, 0.25) is 0 Å². The molecule has 0 amide bonds. The average Bonchev–Trinajstić information content (AvgIpc) is 2.51. The van der Waals surface area contributed by atoms with Crippen LogP contribution in [0.5, 0.6) is 0 Å². The molecule has 1 unspecified atom stereocenters. The molecular weight excluding hydrogens is 252 g/mol. The predicted octanol–water partition coefficient (Wildman–Crippen LogP) is 8.15. The molecule has 0 spiro atoms. The summed E-state index contributed by atoms with van der Waals surface area (Å²) in [4.78, 5) is 0. The SMILES string of the molecule is CCCC1CCCCC1.CCCCCCC(C)CCCC. The van der Waals surface area contributed by atoms with Gasteiger partial charge in [-0.1, -0.05) is 124 Å². The molecule has 0 aromatic carbocycles. The highest BCUT2D eigenvalue weighted by molar-refractivity contribution is 4.64. The number of hydrogen-bond acceptors (Lipinski definition) is 0. The molecule has 0 aromatic heterocycles. The third-order valence-corrected chi connectivity index (χ3v) is 5.02. The molecule has 21 heavy (non-hydrogen) atoms. The molecule has 1 fully saturated rings. The van der Waals surface area contributed by atoms with Crippen molar-refractivity contribution in [1.29, 1.82) is 0 Å². The normalized spacial score (nSPS) is 17.1. The van der Waals surface area contributed by atoms with E-state index in [1.54, 1.807) is 0 Å². The summed E-state index contributed by atoms with van der Waals surface area (Å²) in [7, 11) is 0. The Kier molecular flexibility index (Phi) is 16.4. The Morgan fingerprint density at radius 1 is 0.714 bits per heavy atom. The topological polar surface area (TPSA) is 0 Å². The van der Waals surface area contributed by atoms with Crippen molar-refractivity contribution >= 4 is 0 Å². The van der Waals surface area contributed by atoms with Gasteiger partial charge in [-0.3, -0.25) is 0 Å². The number of unbranched alkanes of at least 4 members (excludes halogenated alkanes) is 4. The molecule has 1 aliphatic carbocycles. The van der Waals surface area contributed by atoms with Gasteiger partial charge in [-0.2, -0.15) is 0 Å².